The lowest BCUT2D eigenvalue weighted by atomic mass is 10.2. The lowest BCUT2D eigenvalue weighted by Crippen LogP contribution is -2.02. The molecule has 2 aromatic rings. The van der Waals surface area contributed by atoms with Crippen molar-refractivity contribution in [2.24, 2.45) is 0 Å². The van der Waals surface area contributed by atoms with E-state index in [9.17, 15) is 4.79 Å². The number of aldehydes is 1. The predicted molar refractivity (Wildman–Crippen MR) is 60.3 cm³/mol. The third-order valence-electron chi connectivity index (χ3n) is 2.79. The van der Waals surface area contributed by atoms with Crippen LogP contribution in [0.5, 0.6) is 0 Å². The van der Waals surface area contributed by atoms with E-state index in [2.05, 4.69) is 10.3 Å². The minimum Gasteiger partial charge on any atom is -0.368 e. The first-order valence-electron chi connectivity index (χ1n) is 5.21. The number of fused-ring (bicyclic) bond motifs is 1. The lowest BCUT2D eigenvalue weighted by molar-refractivity contribution is 0.112. The van der Waals surface area contributed by atoms with Crippen LogP contribution >= 0.6 is 0 Å². The van der Waals surface area contributed by atoms with Crippen LogP contribution in [0.15, 0.2) is 24.3 Å². The maximum Gasteiger partial charge on any atom is 0.154 e. The third-order valence-corrected chi connectivity index (χ3v) is 2.79. The van der Waals surface area contributed by atoms with E-state index in [-0.39, 0.29) is 0 Å². The summed E-state index contributed by atoms with van der Waals surface area (Å²) in [5.74, 6) is 0.869. The zero-order valence-corrected chi connectivity index (χ0v) is 8.29. The molecule has 0 spiro atoms. The van der Waals surface area contributed by atoms with Gasteiger partial charge in [0.2, 0.25) is 0 Å². The van der Waals surface area contributed by atoms with Crippen molar-refractivity contribution in [2.45, 2.75) is 18.9 Å². The highest BCUT2D eigenvalue weighted by Gasteiger charge is 2.23. The summed E-state index contributed by atoms with van der Waals surface area (Å²) in [5, 5.41) is 4.33. The fourth-order valence-corrected chi connectivity index (χ4v) is 1.83. The van der Waals surface area contributed by atoms with E-state index in [0.717, 1.165) is 28.6 Å². The monoisotopic (exact) mass is 200 g/mol. The number of nitrogens with one attached hydrogen (secondary N) is 2. The summed E-state index contributed by atoms with van der Waals surface area (Å²) < 4.78 is 0. The second kappa shape index (κ2) is 3.12. The molecule has 1 aliphatic rings. The van der Waals surface area contributed by atoms with Gasteiger partial charge in [0.25, 0.3) is 0 Å². The van der Waals surface area contributed by atoms with Crippen molar-refractivity contribution in [1.29, 1.82) is 0 Å². The van der Waals surface area contributed by atoms with E-state index < -0.39 is 0 Å². The molecule has 76 valence electrons. The van der Waals surface area contributed by atoms with E-state index in [1.54, 1.807) is 0 Å². The van der Waals surface area contributed by atoms with E-state index in [0.29, 0.717) is 6.04 Å². The van der Waals surface area contributed by atoms with Crippen molar-refractivity contribution < 1.29 is 4.79 Å². The molecule has 1 aliphatic carbocycles. The summed E-state index contributed by atoms with van der Waals surface area (Å²) in [6.45, 7) is 0. The number of anilines is 1. The van der Waals surface area contributed by atoms with Gasteiger partial charge in [0, 0.05) is 16.9 Å². The molecule has 1 fully saturated rings. The number of aromatic nitrogens is 1. The molecule has 3 nitrogen and oxygen atoms in total. The fourth-order valence-electron chi connectivity index (χ4n) is 1.83. The number of H-pyrrole nitrogens is 1. The summed E-state index contributed by atoms with van der Waals surface area (Å²) in [4.78, 5) is 14.3. The summed E-state index contributed by atoms with van der Waals surface area (Å²) in [5.41, 5.74) is 1.76. The Balaban J connectivity index is 2.14. The van der Waals surface area contributed by atoms with Crippen LogP contribution in [-0.4, -0.2) is 17.3 Å². The topological polar surface area (TPSA) is 44.9 Å². The number of rotatable bonds is 3. The first-order chi connectivity index (χ1) is 7.38. The molecule has 2 N–H and O–H groups in total. The molecule has 0 aliphatic heterocycles. The number of aromatic amines is 1. The maximum atomic E-state index is 11.0. The average molecular weight is 200 g/mol. The number of hydrogen-bond acceptors (Lipinski definition) is 2. The number of carbonyl (C=O) groups is 1. The van der Waals surface area contributed by atoms with Crippen LogP contribution in [0.1, 0.15) is 23.2 Å². The summed E-state index contributed by atoms with van der Waals surface area (Å²) in [6, 6.07) is 8.42. The third kappa shape index (κ3) is 1.40. The van der Waals surface area contributed by atoms with Gasteiger partial charge in [-0.2, -0.15) is 0 Å². The lowest BCUT2D eigenvalue weighted by Gasteiger charge is -2.00. The SMILES string of the molecule is O=Cc1c(NC2CC2)[nH]c2ccccc12. The van der Waals surface area contributed by atoms with Gasteiger partial charge >= 0.3 is 0 Å². The van der Waals surface area contributed by atoms with Crippen LogP contribution < -0.4 is 5.32 Å². The van der Waals surface area contributed by atoms with Gasteiger partial charge in [-0.3, -0.25) is 4.79 Å². The van der Waals surface area contributed by atoms with Crippen molar-refractivity contribution in [1.82, 2.24) is 4.98 Å². The van der Waals surface area contributed by atoms with Crippen LogP contribution in [0.2, 0.25) is 0 Å². The standard InChI is InChI=1S/C12H12N2O/c15-7-10-9-3-1-2-4-11(9)14-12(10)13-8-5-6-8/h1-4,7-8,13-14H,5-6H2. The molecule has 3 heteroatoms. The van der Waals surface area contributed by atoms with Crippen LogP contribution in [0.25, 0.3) is 10.9 Å². The Morgan fingerprint density at radius 3 is 2.87 bits per heavy atom. The Morgan fingerprint density at radius 1 is 1.33 bits per heavy atom. The van der Waals surface area contributed by atoms with E-state index in [1.807, 2.05) is 24.3 Å². The molecule has 1 aromatic heterocycles. The molecule has 1 heterocycles. The number of hydrogen-bond donors (Lipinski definition) is 2. The fraction of sp³-hybridized carbons (Fsp3) is 0.250. The average Bonchev–Trinajstić information content (AvgIpc) is 2.99. The second-order valence-electron chi connectivity index (χ2n) is 4.00. The van der Waals surface area contributed by atoms with Crippen LogP contribution in [0, 0.1) is 0 Å². The molecule has 3 rings (SSSR count). The molecular weight excluding hydrogens is 188 g/mol. The quantitative estimate of drug-likeness (QED) is 0.748. The molecule has 1 saturated carbocycles. The van der Waals surface area contributed by atoms with E-state index in [1.165, 1.54) is 12.8 Å². The van der Waals surface area contributed by atoms with Crippen molar-refractivity contribution in [3.63, 3.8) is 0 Å². The van der Waals surface area contributed by atoms with Crippen LogP contribution in [0.3, 0.4) is 0 Å². The van der Waals surface area contributed by atoms with Crippen molar-refractivity contribution in [3.8, 4) is 0 Å². The molecule has 0 unspecified atom stereocenters. The second-order valence-corrected chi connectivity index (χ2v) is 4.00. The van der Waals surface area contributed by atoms with E-state index in [4.69, 9.17) is 0 Å². The summed E-state index contributed by atoms with van der Waals surface area (Å²) >= 11 is 0. The van der Waals surface area contributed by atoms with Gasteiger partial charge in [-0.25, -0.2) is 0 Å². The molecule has 0 amide bonds. The first kappa shape index (κ1) is 8.53. The largest absolute Gasteiger partial charge is 0.368 e. The number of carbonyl (C=O) groups excluding carboxylic acids is 1. The van der Waals surface area contributed by atoms with E-state index >= 15 is 0 Å². The Hall–Kier alpha value is -1.77. The van der Waals surface area contributed by atoms with Crippen LogP contribution in [0.4, 0.5) is 5.82 Å². The minimum atomic E-state index is 0.553. The van der Waals surface area contributed by atoms with Gasteiger partial charge in [-0.05, 0) is 18.9 Å². The van der Waals surface area contributed by atoms with Gasteiger partial charge in [-0.15, -0.1) is 0 Å². The van der Waals surface area contributed by atoms with Gasteiger partial charge in [0.15, 0.2) is 6.29 Å². The number of benzene rings is 1. The Morgan fingerprint density at radius 2 is 2.13 bits per heavy atom. The molecular formula is C12H12N2O. The van der Waals surface area contributed by atoms with Crippen molar-refractivity contribution in [2.75, 3.05) is 5.32 Å². The molecule has 0 bridgehead atoms. The molecule has 15 heavy (non-hydrogen) atoms. The van der Waals surface area contributed by atoms with Gasteiger partial charge in [0.1, 0.15) is 5.82 Å². The minimum absolute atomic E-state index is 0.553. The Kier molecular flexibility index (Phi) is 1.78. The number of para-hydroxylation sites is 1. The van der Waals surface area contributed by atoms with Gasteiger partial charge in [-0.1, -0.05) is 18.2 Å². The predicted octanol–water partition coefficient (Wildman–Crippen LogP) is 2.55. The van der Waals surface area contributed by atoms with Gasteiger partial charge in [0.05, 0.1) is 5.56 Å². The zero-order valence-electron chi connectivity index (χ0n) is 8.29. The molecule has 1 aromatic carbocycles. The van der Waals surface area contributed by atoms with Crippen molar-refractivity contribution in [3.05, 3.63) is 29.8 Å². The molecule has 0 atom stereocenters. The Bertz CT molecular complexity index is 511. The highest BCUT2D eigenvalue weighted by molar-refractivity contribution is 6.03. The van der Waals surface area contributed by atoms with Crippen LogP contribution in [-0.2, 0) is 0 Å². The first-order valence-corrected chi connectivity index (χ1v) is 5.21. The summed E-state index contributed by atoms with van der Waals surface area (Å²) in [7, 11) is 0. The zero-order chi connectivity index (χ0) is 10.3. The molecule has 0 radical (unpaired) electrons. The maximum absolute atomic E-state index is 11.0. The Labute approximate surface area is 87.5 Å². The summed E-state index contributed by atoms with van der Waals surface area (Å²) in [6.07, 6.45) is 3.32. The van der Waals surface area contributed by atoms with Gasteiger partial charge < -0.3 is 10.3 Å². The normalized spacial score (nSPS) is 15.5. The smallest absolute Gasteiger partial charge is 0.154 e. The highest BCUT2D eigenvalue weighted by Crippen LogP contribution is 2.29. The molecule has 0 saturated heterocycles. The highest BCUT2D eigenvalue weighted by atomic mass is 16.1. The van der Waals surface area contributed by atoms with Crippen molar-refractivity contribution >= 4 is 23.0 Å².